The van der Waals surface area contributed by atoms with Gasteiger partial charge in [-0.1, -0.05) is 21.6 Å². The van der Waals surface area contributed by atoms with Gasteiger partial charge < -0.3 is 25.7 Å². The Kier molecular flexibility index (Phi) is 9.89. The van der Waals surface area contributed by atoms with Crippen molar-refractivity contribution < 1.29 is 34.2 Å². The molecule has 2 atom stereocenters. The van der Waals surface area contributed by atoms with Gasteiger partial charge in [-0.3, -0.25) is 9.59 Å². The Hall–Kier alpha value is -1.73. The van der Waals surface area contributed by atoms with Crippen LogP contribution < -0.4 is 11.1 Å². The summed E-state index contributed by atoms with van der Waals surface area (Å²) in [6.07, 6.45) is 0. The lowest BCUT2D eigenvalue weighted by Crippen LogP contribution is -2.49. The lowest BCUT2D eigenvalue weighted by Gasteiger charge is -2.30. The van der Waals surface area contributed by atoms with E-state index in [1.165, 1.54) is 13.8 Å². The molecule has 0 radical (unpaired) electrons. The predicted octanol–water partition coefficient (Wildman–Crippen LogP) is 0.798. The van der Waals surface area contributed by atoms with Crippen LogP contribution >= 0.6 is 21.6 Å². The number of nitrogens with two attached hydrogens (primary N) is 1. The number of carboxylic acid groups (broad SMARTS) is 1. The first-order chi connectivity index (χ1) is 12.2. The summed E-state index contributed by atoms with van der Waals surface area (Å²) in [5.41, 5.74) is 4.34. The van der Waals surface area contributed by atoms with Gasteiger partial charge in [0.15, 0.2) is 5.37 Å². The van der Waals surface area contributed by atoms with E-state index in [2.05, 4.69) is 10.2 Å². The predicted molar refractivity (Wildman–Crippen MR) is 100 cm³/mol. The molecular formula is C14H25N3O8S2. The smallest absolute Gasteiger partial charge is 0.340 e. The van der Waals surface area contributed by atoms with Crippen molar-refractivity contribution in [1.29, 1.82) is 0 Å². The fourth-order valence-electron chi connectivity index (χ4n) is 1.46. The zero-order chi connectivity index (χ0) is 21.4. The summed E-state index contributed by atoms with van der Waals surface area (Å²) in [5.74, 6) is -2.62. The molecule has 0 saturated heterocycles. The third-order valence-corrected chi connectivity index (χ3v) is 6.72. The van der Waals surface area contributed by atoms with E-state index >= 15 is 0 Å². The number of carbonyl (C=O) groups is 3. The summed E-state index contributed by atoms with van der Waals surface area (Å²) in [5, 5.41) is 19.6. The van der Waals surface area contributed by atoms with Crippen molar-refractivity contribution in [3.05, 3.63) is 10.1 Å². The van der Waals surface area contributed by atoms with E-state index in [0.29, 0.717) is 0 Å². The fraction of sp³-hybridized carbons (Fsp3) is 0.786. The SMILES string of the molecule is CCOC(=O)[C@H](NC(=O)C(C)(C)CO[N+](=O)[O-])SSC(C)(C)C(N)C(=O)O. The van der Waals surface area contributed by atoms with Crippen LogP contribution in [0.3, 0.4) is 0 Å². The fourth-order valence-corrected chi connectivity index (χ4v) is 4.03. The normalized spacial score (nSPS) is 14.0. The van der Waals surface area contributed by atoms with Gasteiger partial charge in [0, 0.05) is 4.75 Å². The van der Waals surface area contributed by atoms with E-state index in [-0.39, 0.29) is 6.61 Å². The number of aliphatic carboxylic acids is 1. The highest BCUT2D eigenvalue weighted by molar-refractivity contribution is 8.77. The van der Waals surface area contributed by atoms with E-state index in [9.17, 15) is 24.5 Å². The van der Waals surface area contributed by atoms with Gasteiger partial charge in [-0.2, -0.15) is 0 Å². The van der Waals surface area contributed by atoms with E-state index in [4.69, 9.17) is 15.6 Å². The number of ether oxygens (including phenoxy) is 1. The van der Waals surface area contributed by atoms with Crippen molar-refractivity contribution in [1.82, 2.24) is 5.32 Å². The third-order valence-electron chi connectivity index (χ3n) is 3.28. The number of carboxylic acids is 1. The molecule has 0 bridgehead atoms. The molecule has 0 saturated carbocycles. The number of hydrogen-bond acceptors (Lipinski definition) is 10. The van der Waals surface area contributed by atoms with Crippen LogP contribution in [0.1, 0.15) is 34.6 Å². The average molecular weight is 428 g/mol. The Balaban J connectivity index is 5.16. The van der Waals surface area contributed by atoms with Crippen LogP contribution in [-0.2, 0) is 24.0 Å². The van der Waals surface area contributed by atoms with Crippen LogP contribution in [0.2, 0.25) is 0 Å². The van der Waals surface area contributed by atoms with E-state index < -0.39 is 51.1 Å². The first kappa shape index (κ1) is 25.3. The molecular weight excluding hydrogens is 402 g/mol. The number of nitrogens with one attached hydrogen (secondary N) is 1. The number of rotatable bonds is 12. The summed E-state index contributed by atoms with van der Waals surface area (Å²) in [6, 6.07) is -1.21. The second kappa shape index (κ2) is 10.6. The van der Waals surface area contributed by atoms with Gasteiger partial charge in [0.2, 0.25) is 5.91 Å². The minimum Gasteiger partial charge on any atom is -0.480 e. The molecule has 0 aromatic carbocycles. The van der Waals surface area contributed by atoms with Gasteiger partial charge in [0.05, 0.1) is 12.0 Å². The molecule has 156 valence electrons. The van der Waals surface area contributed by atoms with Crippen LogP contribution in [-0.4, -0.2) is 57.4 Å². The van der Waals surface area contributed by atoms with Gasteiger partial charge in [0.25, 0.3) is 5.09 Å². The topological polar surface area (TPSA) is 171 Å². The summed E-state index contributed by atoms with van der Waals surface area (Å²) < 4.78 is 3.95. The lowest BCUT2D eigenvalue weighted by atomic mass is 9.94. The summed E-state index contributed by atoms with van der Waals surface area (Å²) in [4.78, 5) is 50.2. The zero-order valence-corrected chi connectivity index (χ0v) is 17.3. The van der Waals surface area contributed by atoms with Crippen molar-refractivity contribution in [3.8, 4) is 0 Å². The molecule has 0 heterocycles. The highest BCUT2D eigenvalue weighted by Crippen LogP contribution is 2.40. The molecule has 0 rings (SSSR count). The van der Waals surface area contributed by atoms with Crippen molar-refractivity contribution in [3.63, 3.8) is 0 Å². The number of nitrogens with zero attached hydrogens (tertiary/aromatic N) is 1. The third kappa shape index (κ3) is 8.67. The molecule has 0 aromatic rings. The van der Waals surface area contributed by atoms with Crippen LogP contribution in [0.15, 0.2) is 0 Å². The number of esters is 1. The zero-order valence-electron chi connectivity index (χ0n) is 15.7. The minimum absolute atomic E-state index is 0.0717. The van der Waals surface area contributed by atoms with Gasteiger partial charge in [-0.15, -0.1) is 10.1 Å². The van der Waals surface area contributed by atoms with Gasteiger partial charge >= 0.3 is 11.9 Å². The Morgan fingerprint density at radius 3 is 2.30 bits per heavy atom. The quantitative estimate of drug-likeness (QED) is 0.132. The van der Waals surface area contributed by atoms with Gasteiger partial charge in [-0.25, -0.2) is 4.79 Å². The Bertz CT molecular complexity index is 571. The maximum atomic E-state index is 12.4. The van der Waals surface area contributed by atoms with Crippen molar-refractivity contribution in [2.45, 2.75) is 50.8 Å². The monoisotopic (exact) mass is 427 g/mol. The first-order valence-corrected chi connectivity index (χ1v) is 10.0. The highest BCUT2D eigenvalue weighted by Gasteiger charge is 2.37. The lowest BCUT2D eigenvalue weighted by molar-refractivity contribution is -0.760. The highest BCUT2D eigenvalue weighted by atomic mass is 33.1. The molecule has 1 unspecified atom stereocenters. The number of amides is 1. The Labute approximate surface area is 164 Å². The second-order valence-corrected chi connectivity index (χ2v) is 9.55. The van der Waals surface area contributed by atoms with Crippen molar-refractivity contribution >= 4 is 39.4 Å². The average Bonchev–Trinajstić information content (AvgIpc) is 2.55. The molecule has 11 nitrogen and oxygen atoms in total. The molecule has 0 fully saturated rings. The molecule has 1 amide bonds. The minimum atomic E-state index is -1.30. The standard InChI is InChI=1S/C14H25N3O8S2/c1-6-24-11(20)9(26-27-14(4,5)8(15)10(18)19)16-12(21)13(2,3)7-25-17(22)23/h8-9H,6-7,15H2,1-5H3,(H,16,21)(H,18,19)/t8?,9-/m1/s1. The van der Waals surface area contributed by atoms with Crippen LogP contribution in [0.5, 0.6) is 0 Å². The van der Waals surface area contributed by atoms with E-state index in [0.717, 1.165) is 21.6 Å². The second-order valence-electron chi connectivity index (χ2n) is 6.59. The van der Waals surface area contributed by atoms with Gasteiger partial charge in [-0.05, 0) is 34.6 Å². The number of hydrogen-bond donors (Lipinski definition) is 3. The Morgan fingerprint density at radius 1 is 1.30 bits per heavy atom. The summed E-state index contributed by atoms with van der Waals surface area (Å²) in [7, 11) is 1.89. The van der Waals surface area contributed by atoms with Crippen molar-refractivity contribution in [2.24, 2.45) is 11.1 Å². The molecule has 13 heteroatoms. The van der Waals surface area contributed by atoms with E-state index in [1.807, 2.05) is 0 Å². The first-order valence-electron chi connectivity index (χ1n) is 7.82. The van der Waals surface area contributed by atoms with Crippen LogP contribution in [0, 0.1) is 15.5 Å². The van der Waals surface area contributed by atoms with E-state index in [1.54, 1.807) is 20.8 Å². The largest absolute Gasteiger partial charge is 0.480 e. The molecule has 4 N–H and O–H groups in total. The van der Waals surface area contributed by atoms with Gasteiger partial charge in [0.1, 0.15) is 12.6 Å². The number of carbonyl (C=O) groups excluding carboxylic acids is 2. The molecule has 0 aliphatic rings. The summed E-state index contributed by atoms with van der Waals surface area (Å²) in [6.45, 7) is 7.15. The van der Waals surface area contributed by atoms with Crippen LogP contribution in [0.25, 0.3) is 0 Å². The van der Waals surface area contributed by atoms with Crippen LogP contribution in [0.4, 0.5) is 0 Å². The molecule has 0 spiro atoms. The van der Waals surface area contributed by atoms with Crippen molar-refractivity contribution in [2.75, 3.05) is 13.2 Å². The molecule has 0 aliphatic carbocycles. The molecule has 0 aromatic heterocycles. The Morgan fingerprint density at radius 2 is 1.85 bits per heavy atom. The summed E-state index contributed by atoms with van der Waals surface area (Å²) >= 11 is 0. The maximum absolute atomic E-state index is 12.4. The molecule has 27 heavy (non-hydrogen) atoms. The maximum Gasteiger partial charge on any atom is 0.340 e. The molecule has 0 aliphatic heterocycles.